The molecule has 0 saturated heterocycles. The highest BCUT2D eigenvalue weighted by Gasteiger charge is 2.10. The van der Waals surface area contributed by atoms with Gasteiger partial charge in [-0.3, -0.25) is 0 Å². The van der Waals surface area contributed by atoms with E-state index in [1.54, 1.807) is 0 Å². The van der Waals surface area contributed by atoms with Gasteiger partial charge in [-0.25, -0.2) is 9.97 Å². The Morgan fingerprint density at radius 2 is 1.82 bits per heavy atom. The van der Waals surface area contributed by atoms with Crippen LogP contribution in [0.2, 0.25) is 0 Å². The number of hydrogen-bond donors (Lipinski definition) is 2. The third kappa shape index (κ3) is 1.60. The zero-order chi connectivity index (χ0) is 12.0. The third-order valence-corrected chi connectivity index (χ3v) is 3.32. The van der Waals surface area contributed by atoms with E-state index in [0.29, 0.717) is 5.92 Å². The van der Waals surface area contributed by atoms with Crippen molar-refractivity contribution in [1.29, 1.82) is 0 Å². The van der Waals surface area contributed by atoms with Gasteiger partial charge in [-0.15, -0.1) is 0 Å². The molecule has 2 N–H and O–H groups in total. The molecule has 0 aromatic carbocycles. The molecular formula is C13H20N4. The maximum Gasteiger partial charge on any atom is 0.157 e. The standard InChI is InChI=1S/C13H16N4.2H2/c1-4-7(2)9-6-11-13(15-9)16-10-5-8(3)14-12(10)17-11;;/h5-7H,4H2,1-3H3,(H,14,17)(H,15,16);2*1H. The zero-order valence-electron chi connectivity index (χ0n) is 10.3. The van der Waals surface area contributed by atoms with Crippen molar-refractivity contribution in [3.8, 4) is 0 Å². The van der Waals surface area contributed by atoms with Crippen molar-refractivity contribution in [2.75, 3.05) is 0 Å². The first-order chi connectivity index (χ1) is 8.17. The van der Waals surface area contributed by atoms with Crippen LogP contribution in [0.4, 0.5) is 0 Å². The molecule has 3 aromatic rings. The predicted molar refractivity (Wildman–Crippen MR) is 73.4 cm³/mol. The Hall–Kier alpha value is -1.84. The summed E-state index contributed by atoms with van der Waals surface area (Å²) in [4.78, 5) is 15.7. The SMILES string of the molecule is CCC(C)c1cc2nc3[nH]c(C)cc3nc2[nH]1.[HH].[HH]. The van der Waals surface area contributed by atoms with Gasteiger partial charge >= 0.3 is 0 Å². The first kappa shape index (κ1) is 10.3. The van der Waals surface area contributed by atoms with Crippen LogP contribution in [0.3, 0.4) is 0 Å². The molecule has 1 unspecified atom stereocenters. The molecule has 17 heavy (non-hydrogen) atoms. The van der Waals surface area contributed by atoms with Crippen LogP contribution in [0, 0.1) is 6.92 Å². The van der Waals surface area contributed by atoms with Crippen LogP contribution in [0.15, 0.2) is 12.1 Å². The molecule has 0 fully saturated rings. The Bertz CT molecular complexity index is 635. The van der Waals surface area contributed by atoms with Crippen molar-refractivity contribution in [2.45, 2.75) is 33.1 Å². The minimum absolute atomic E-state index is 0. The summed E-state index contributed by atoms with van der Waals surface area (Å²) in [6.45, 7) is 6.41. The van der Waals surface area contributed by atoms with Gasteiger partial charge < -0.3 is 9.97 Å². The third-order valence-electron chi connectivity index (χ3n) is 3.32. The van der Waals surface area contributed by atoms with Crippen LogP contribution in [0.5, 0.6) is 0 Å². The molecule has 3 aromatic heterocycles. The molecule has 4 nitrogen and oxygen atoms in total. The smallest absolute Gasteiger partial charge is 0.157 e. The maximum atomic E-state index is 4.59. The molecule has 0 saturated carbocycles. The van der Waals surface area contributed by atoms with Gasteiger partial charge in [-0.1, -0.05) is 13.8 Å². The highest BCUT2D eigenvalue weighted by atomic mass is 15.0. The lowest BCUT2D eigenvalue weighted by atomic mass is 10.1. The fourth-order valence-electron chi connectivity index (χ4n) is 2.08. The van der Waals surface area contributed by atoms with E-state index in [2.05, 4.69) is 39.8 Å². The molecule has 4 heteroatoms. The van der Waals surface area contributed by atoms with E-state index in [-0.39, 0.29) is 2.85 Å². The maximum absolute atomic E-state index is 4.59. The van der Waals surface area contributed by atoms with E-state index in [1.165, 1.54) is 5.69 Å². The second kappa shape index (κ2) is 3.58. The lowest BCUT2D eigenvalue weighted by molar-refractivity contribution is 0.715. The fourth-order valence-corrected chi connectivity index (χ4v) is 2.08. The molecule has 0 aliphatic carbocycles. The molecule has 92 valence electrons. The second-order valence-electron chi connectivity index (χ2n) is 4.68. The van der Waals surface area contributed by atoms with Crippen molar-refractivity contribution in [2.24, 2.45) is 0 Å². The number of rotatable bonds is 2. The normalized spacial score (nSPS) is 13.6. The van der Waals surface area contributed by atoms with Gasteiger partial charge in [-0.2, -0.15) is 0 Å². The molecule has 0 amide bonds. The largest absolute Gasteiger partial charge is 0.342 e. The molecule has 0 aliphatic rings. The molecule has 3 rings (SSSR count). The van der Waals surface area contributed by atoms with Crippen molar-refractivity contribution in [1.82, 2.24) is 19.9 Å². The van der Waals surface area contributed by atoms with Crippen molar-refractivity contribution < 1.29 is 2.85 Å². The van der Waals surface area contributed by atoms with E-state index in [0.717, 1.165) is 34.4 Å². The average Bonchev–Trinajstić information content (AvgIpc) is 2.85. The zero-order valence-corrected chi connectivity index (χ0v) is 10.3. The van der Waals surface area contributed by atoms with Crippen molar-refractivity contribution in [3.63, 3.8) is 0 Å². The van der Waals surface area contributed by atoms with Crippen molar-refractivity contribution in [3.05, 3.63) is 23.5 Å². The second-order valence-corrected chi connectivity index (χ2v) is 4.68. The number of aromatic nitrogens is 4. The van der Waals surface area contributed by atoms with Crippen LogP contribution in [0.1, 0.15) is 40.4 Å². The summed E-state index contributed by atoms with van der Waals surface area (Å²) in [6, 6.07) is 4.12. The van der Waals surface area contributed by atoms with Crippen LogP contribution in [0.25, 0.3) is 22.3 Å². The summed E-state index contributed by atoms with van der Waals surface area (Å²) in [5.41, 5.74) is 5.92. The predicted octanol–water partition coefficient (Wildman–Crippen LogP) is 3.75. The van der Waals surface area contributed by atoms with Crippen LogP contribution in [-0.4, -0.2) is 19.9 Å². The van der Waals surface area contributed by atoms with Gasteiger partial charge in [0.05, 0.1) is 0 Å². The van der Waals surface area contributed by atoms with Gasteiger partial charge in [0.2, 0.25) is 0 Å². The molecule has 0 radical (unpaired) electrons. The molecule has 1 atom stereocenters. The minimum atomic E-state index is 0. The Labute approximate surface area is 102 Å². The quantitative estimate of drug-likeness (QED) is 0.707. The first-order valence-electron chi connectivity index (χ1n) is 6.03. The number of fused-ring (bicyclic) bond motifs is 2. The molecule has 0 bridgehead atoms. The highest BCUT2D eigenvalue weighted by Crippen LogP contribution is 2.23. The van der Waals surface area contributed by atoms with Gasteiger partial charge in [0.25, 0.3) is 0 Å². The van der Waals surface area contributed by atoms with Gasteiger partial charge in [0, 0.05) is 14.2 Å². The van der Waals surface area contributed by atoms with E-state index < -0.39 is 0 Å². The van der Waals surface area contributed by atoms with Crippen LogP contribution < -0.4 is 0 Å². The summed E-state index contributed by atoms with van der Waals surface area (Å²) in [6.07, 6.45) is 1.11. The van der Waals surface area contributed by atoms with E-state index >= 15 is 0 Å². The molecule has 0 aliphatic heterocycles. The van der Waals surface area contributed by atoms with Gasteiger partial charge in [0.1, 0.15) is 11.0 Å². The number of hydrogen-bond acceptors (Lipinski definition) is 2. The number of nitrogens with zero attached hydrogens (tertiary/aromatic N) is 2. The Kier molecular flexibility index (Phi) is 2.18. The first-order valence-corrected chi connectivity index (χ1v) is 6.03. The highest BCUT2D eigenvalue weighted by molar-refractivity contribution is 5.83. The van der Waals surface area contributed by atoms with Gasteiger partial charge in [0.15, 0.2) is 11.3 Å². The summed E-state index contributed by atoms with van der Waals surface area (Å²) in [5, 5.41) is 0. The monoisotopic (exact) mass is 232 g/mol. The summed E-state index contributed by atoms with van der Waals surface area (Å²) >= 11 is 0. The van der Waals surface area contributed by atoms with E-state index in [9.17, 15) is 0 Å². The average molecular weight is 232 g/mol. The number of aromatic amines is 2. The van der Waals surface area contributed by atoms with Crippen LogP contribution >= 0.6 is 0 Å². The summed E-state index contributed by atoms with van der Waals surface area (Å²) < 4.78 is 0. The van der Waals surface area contributed by atoms with Crippen LogP contribution in [-0.2, 0) is 0 Å². The van der Waals surface area contributed by atoms with E-state index in [4.69, 9.17) is 0 Å². The Morgan fingerprint density at radius 1 is 1.18 bits per heavy atom. The topological polar surface area (TPSA) is 57.4 Å². The summed E-state index contributed by atoms with van der Waals surface area (Å²) in [5.74, 6) is 0.520. The Balaban J connectivity index is 0.000000902. The number of H-pyrrole nitrogens is 2. The van der Waals surface area contributed by atoms with Crippen molar-refractivity contribution >= 4 is 22.3 Å². The van der Waals surface area contributed by atoms with E-state index in [1.807, 2.05) is 13.0 Å². The molecule has 0 spiro atoms. The number of aryl methyl sites for hydroxylation is 1. The minimum Gasteiger partial charge on any atom is -0.342 e. The molecular weight excluding hydrogens is 212 g/mol. The number of nitrogens with one attached hydrogen (secondary N) is 2. The lowest BCUT2D eigenvalue weighted by Gasteiger charge is -2.03. The molecule has 3 heterocycles. The fraction of sp³-hybridized carbons (Fsp3) is 0.385. The van der Waals surface area contributed by atoms with Gasteiger partial charge in [-0.05, 0) is 31.4 Å². The summed E-state index contributed by atoms with van der Waals surface area (Å²) in [7, 11) is 0. The Morgan fingerprint density at radius 3 is 2.53 bits per heavy atom. The lowest BCUT2D eigenvalue weighted by Crippen LogP contribution is -1.90.